The fourth-order valence-electron chi connectivity index (χ4n) is 3.39. The predicted molar refractivity (Wildman–Crippen MR) is 101 cm³/mol. The van der Waals surface area contributed by atoms with E-state index in [1.54, 1.807) is 0 Å². The molecule has 1 aliphatic heterocycles. The van der Waals surface area contributed by atoms with Crippen LogP contribution in [0.1, 0.15) is 28.9 Å². The molecule has 1 amide bonds. The Labute approximate surface area is 155 Å². The van der Waals surface area contributed by atoms with Gasteiger partial charge in [-0.2, -0.15) is 5.10 Å². The molecule has 6 nitrogen and oxygen atoms in total. The minimum absolute atomic E-state index is 0.157. The first kappa shape index (κ1) is 18.5. The number of nitrogens with zero attached hydrogens (tertiary/aromatic N) is 3. The van der Waals surface area contributed by atoms with Crippen LogP contribution >= 0.6 is 0 Å². The monoisotopic (exact) mass is 356 g/mol. The maximum Gasteiger partial charge on any atom is 0.236 e. The quantitative estimate of drug-likeness (QED) is 0.863. The van der Waals surface area contributed by atoms with E-state index in [1.807, 2.05) is 44.0 Å². The zero-order chi connectivity index (χ0) is 18.5. The lowest BCUT2D eigenvalue weighted by Crippen LogP contribution is -2.39. The predicted octanol–water partition coefficient (Wildman–Crippen LogP) is 2.31. The summed E-state index contributed by atoms with van der Waals surface area (Å²) in [6, 6.07) is 8.06. The Hall–Kier alpha value is -2.34. The van der Waals surface area contributed by atoms with Crippen LogP contribution in [0.3, 0.4) is 0 Å². The number of amides is 1. The Bertz CT molecular complexity index is 737. The molecule has 0 aliphatic carbocycles. The fourth-order valence-corrected chi connectivity index (χ4v) is 3.39. The van der Waals surface area contributed by atoms with Crippen molar-refractivity contribution >= 4 is 5.91 Å². The van der Waals surface area contributed by atoms with Crippen LogP contribution in [-0.4, -0.2) is 59.2 Å². The number of fused-ring (bicyclic) bond motifs is 1. The topological polar surface area (TPSA) is 61.5 Å². The summed E-state index contributed by atoms with van der Waals surface area (Å²) in [4.78, 5) is 16.6. The van der Waals surface area contributed by atoms with E-state index in [-0.39, 0.29) is 5.91 Å². The number of H-pyrrole nitrogens is 1. The normalized spacial score (nSPS) is 14.4. The van der Waals surface area contributed by atoms with Crippen molar-refractivity contribution in [1.82, 2.24) is 20.0 Å². The number of aromatic nitrogens is 2. The lowest BCUT2D eigenvalue weighted by atomic mass is 10.1. The van der Waals surface area contributed by atoms with Crippen molar-refractivity contribution in [2.75, 3.05) is 33.3 Å². The number of carbonyl (C=O) groups is 1. The molecule has 0 saturated heterocycles. The van der Waals surface area contributed by atoms with Gasteiger partial charge >= 0.3 is 0 Å². The molecule has 1 aliphatic rings. The van der Waals surface area contributed by atoms with Crippen LogP contribution in [0.2, 0.25) is 0 Å². The van der Waals surface area contributed by atoms with Gasteiger partial charge < -0.3 is 9.64 Å². The van der Waals surface area contributed by atoms with Crippen molar-refractivity contribution in [3.63, 3.8) is 0 Å². The first-order valence-corrected chi connectivity index (χ1v) is 9.22. The Morgan fingerprint density at radius 1 is 1.35 bits per heavy atom. The Balaban J connectivity index is 1.48. The molecule has 6 heteroatoms. The molecule has 0 unspecified atom stereocenters. The second kappa shape index (κ2) is 8.36. The molecule has 3 rings (SSSR count). The van der Waals surface area contributed by atoms with E-state index in [1.165, 1.54) is 5.56 Å². The van der Waals surface area contributed by atoms with Crippen LogP contribution < -0.4 is 4.74 Å². The maximum atomic E-state index is 12.6. The van der Waals surface area contributed by atoms with E-state index in [2.05, 4.69) is 21.2 Å². The van der Waals surface area contributed by atoms with Crippen LogP contribution in [0.15, 0.2) is 24.3 Å². The van der Waals surface area contributed by atoms with Gasteiger partial charge in [-0.1, -0.05) is 18.2 Å². The molecule has 140 valence electrons. The average Bonchev–Trinajstić information content (AvgIpc) is 2.83. The molecule has 0 fully saturated rings. The molecule has 2 aromatic rings. The van der Waals surface area contributed by atoms with E-state index in [0.717, 1.165) is 55.2 Å². The van der Waals surface area contributed by atoms with Gasteiger partial charge in [0, 0.05) is 37.9 Å². The van der Waals surface area contributed by atoms with E-state index < -0.39 is 0 Å². The molecule has 1 N–H and O–H groups in total. The first-order valence-electron chi connectivity index (χ1n) is 9.22. The van der Waals surface area contributed by atoms with Crippen LogP contribution in [0.4, 0.5) is 0 Å². The number of benzene rings is 1. The standard InChI is InChI=1S/C20H28N4O2/c1-15-18(16(2)22-21-15)8-6-10-23(3)20(25)14-24-11-12-26-19-9-5-4-7-17(19)13-24/h4-5,7,9H,6,8,10-14H2,1-3H3,(H,21,22). The highest BCUT2D eigenvalue weighted by molar-refractivity contribution is 5.78. The summed E-state index contributed by atoms with van der Waals surface area (Å²) in [5, 5.41) is 7.25. The zero-order valence-electron chi connectivity index (χ0n) is 15.9. The van der Waals surface area contributed by atoms with Gasteiger partial charge in [0.15, 0.2) is 0 Å². The maximum absolute atomic E-state index is 12.6. The molecule has 1 aromatic carbocycles. The summed E-state index contributed by atoms with van der Waals surface area (Å²) in [6.07, 6.45) is 1.88. The summed E-state index contributed by atoms with van der Waals surface area (Å²) in [5.41, 5.74) is 4.60. The number of rotatable bonds is 6. The third kappa shape index (κ3) is 4.43. The number of hydrogen-bond acceptors (Lipinski definition) is 4. The average molecular weight is 356 g/mol. The number of nitrogens with one attached hydrogen (secondary N) is 1. The second-order valence-corrected chi connectivity index (χ2v) is 7.00. The van der Waals surface area contributed by atoms with Crippen LogP contribution in [0, 0.1) is 13.8 Å². The molecule has 1 aromatic heterocycles. The number of aromatic amines is 1. The Morgan fingerprint density at radius 3 is 2.92 bits per heavy atom. The summed E-state index contributed by atoms with van der Waals surface area (Å²) in [7, 11) is 1.89. The molecule has 2 heterocycles. The number of carbonyl (C=O) groups excluding carboxylic acids is 1. The van der Waals surface area contributed by atoms with E-state index >= 15 is 0 Å². The third-order valence-corrected chi connectivity index (χ3v) is 5.02. The Kier molecular flexibility index (Phi) is 5.93. The first-order chi connectivity index (χ1) is 12.5. The van der Waals surface area contributed by atoms with Crippen LogP contribution in [0.5, 0.6) is 5.75 Å². The SMILES string of the molecule is Cc1n[nH]c(C)c1CCCN(C)C(=O)CN1CCOc2ccccc2C1. The van der Waals surface area contributed by atoms with Crippen molar-refractivity contribution < 1.29 is 9.53 Å². The largest absolute Gasteiger partial charge is 0.492 e. The van der Waals surface area contributed by atoms with Crippen molar-refractivity contribution in [2.45, 2.75) is 33.2 Å². The van der Waals surface area contributed by atoms with E-state index in [9.17, 15) is 4.79 Å². The fraction of sp³-hybridized carbons (Fsp3) is 0.500. The van der Waals surface area contributed by atoms with Crippen molar-refractivity contribution in [3.8, 4) is 5.75 Å². The number of aryl methyl sites for hydroxylation is 2. The minimum Gasteiger partial charge on any atom is -0.492 e. The third-order valence-electron chi connectivity index (χ3n) is 5.02. The number of ether oxygens (including phenoxy) is 1. The molecule has 0 saturated carbocycles. The van der Waals surface area contributed by atoms with Crippen LogP contribution in [0.25, 0.3) is 0 Å². The number of para-hydroxylation sites is 1. The van der Waals surface area contributed by atoms with Crippen LogP contribution in [-0.2, 0) is 17.8 Å². The van der Waals surface area contributed by atoms with Crippen molar-refractivity contribution in [1.29, 1.82) is 0 Å². The van der Waals surface area contributed by atoms with Gasteiger partial charge in [-0.05, 0) is 38.3 Å². The molecule has 26 heavy (non-hydrogen) atoms. The second-order valence-electron chi connectivity index (χ2n) is 7.00. The summed E-state index contributed by atoms with van der Waals surface area (Å²) >= 11 is 0. The minimum atomic E-state index is 0.157. The Morgan fingerprint density at radius 2 is 2.15 bits per heavy atom. The molecular weight excluding hydrogens is 328 g/mol. The summed E-state index contributed by atoms with van der Waals surface area (Å²) in [6.45, 7) is 7.38. The summed E-state index contributed by atoms with van der Waals surface area (Å²) in [5.74, 6) is 1.09. The van der Waals surface area contributed by atoms with Gasteiger partial charge in [0.25, 0.3) is 0 Å². The zero-order valence-corrected chi connectivity index (χ0v) is 15.9. The lowest BCUT2D eigenvalue weighted by molar-refractivity contribution is -0.131. The lowest BCUT2D eigenvalue weighted by Gasteiger charge is -2.23. The van der Waals surface area contributed by atoms with Crippen molar-refractivity contribution in [3.05, 3.63) is 46.8 Å². The van der Waals surface area contributed by atoms with Gasteiger partial charge in [-0.15, -0.1) is 0 Å². The van der Waals surface area contributed by atoms with Gasteiger partial charge in [-0.25, -0.2) is 0 Å². The highest BCUT2D eigenvalue weighted by Crippen LogP contribution is 2.22. The van der Waals surface area contributed by atoms with E-state index in [0.29, 0.717) is 13.2 Å². The van der Waals surface area contributed by atoms with Gasteiger partial charge in [-0.3, -0.25) is 14.8 Å². The van der Waals surface area contributed by atoms with Gasteiger partial charge in [0.05, 0.1) is 12.2 Å². The van der Waals surface area contributed by atoms with Gasteiger partial charge in [0.2, 0.25) is 5.91 Å². The highest BCUT2D eigenvalue weighted by Gasteiger charge is 2.19. The number of likely N-dealkylation sites (N-methyl/N-ethyl adjacent to an activating group) is 1. The molecule has 0 spiro atoms. The van der Waals surface area contributed by atoms with Gasteiger partial charge in [0.1, 0.15) is 12.4 Å². The van der Waals surface area contributed by atoms with E-state index in [4.69, 9.17) is 4.74 Å². The molecule has 0 bridgehead atoms. The van der Waals surface area contributed by atoms with Crippen molar-refractivity contribution in [2.24, 2.45) is 0 Å². The smallest absolute Gasteiger partial charge is 0.236 e. The molecule has 0 atom stereocenters. The summed E-state index contributed by atoms with van der Waals surface area (Å²) < 4.78 is 5.77. The highest BCUT2D eigenvalue weighted by atomic mass is 16.5. The molecule has 0 radical (unpaired) electrons. The number of hydrogen-bond donors (Lipinski definition) is 1. The molecular formula is C20H28N4O2.